The zero-order valence-electron chi connectivity index (χ0n) is 14.3. The van der Waals surface area contributed by atoms with Gasteiger partial charge in [-0.3, -0.25) is 8.42 Å². The van der Waals surface area contributed by atoms with Gasteiger partial charge in [0.25, 0.3) is 0 Å². The van der Waals surface area contributed by atoms with Crippen molar-refractivity contribution >= 4 is 64.7 Å². The molecule has 27 heavy (non-hydrogen) atoms. The van der Waals surface area contributed by atoms with Gasteiger partial charge < -0.3 is 9.47 Å². The van der Waals surface area contributed by atoms with Crippen LogP contribution in [0.4, 0.5) is 0 Å². The van der Waals surface area contributed by atoms with Crippen LogP contribution in [0, 0.1) is 0 Å². The molecule has 10 heteroatoms. The summed E-state index contributed by atoms with van der Waals surface area (Å²) in [4.78, 5) is 8.79. The van der Waals surface area contributed by atoms with E-state index in [-0.39, 0.29) is 5.08 Å². The summed E-state index contributed by atoms with van der Waals surface area (Å²) in [5.41, 5.74) is 1.50. The van der Waals surface area contributed by atoms with Crippen LogP contribution < -0.4 is 9.47 Å². The lowest BCUT2D eigenvalue weighted by Crippen LogP contribution is -2.04. The van der Waals surface area contributed by atoms with Gasteiger partial charge in [0.2, 0.25) is 0 Å². The first kappa shape index (κ1) is 18.5. The molecule has 0 radical (unpaired) electrons. The lowest BCUT2D eigenvalue weighted by atomic mass is 10.3. The summed E-state index contributed by atoms with van der Waals surface area (Å²) < 4.78 is 38.4. The molecule has 0 bridgehead atoms. The summed E-state index contributed by atoms with van der Waals surface area (Å²) in [5.74, 6) is 1.44. The fourth-order valence-electron chi connectivity index (χ4n) is 2.41. The topological polar surface area (TPSA) is 78.4 Å². The third-order valence-electron chi connectivity index (χ3n) is 3.76. The maximum absolute atomic E-state index is 12.7. The van der Waals surface area contributed by atoms with Crippen LogP contribution in [0.2, 0.25) is 0 Å². The average molecular weight is 439 g/mol. The van der Waals surface area contributed by atoms with E-state index >= 15 is 0 Å². The molecule has 0 spiro atoms. The highest BCUT2D eigenvalue weighted by Gasteiger charge is 2.18. The molecule has 0 saturated heterocycles. The van der Waals surface area contributed by atoms with Crippen LogP contribution in [0.25, 0.3) is 20.4 Å². The lowest BCUT2D eigenvalue weighted by Gasteiger charge is -1.96. The van der Waals surface area contributed by atoms with E-state index in [1.54, 1.807) is 14.2 Å². The summed E-state index contributed by atoms with van der Waals surface area (Å²) in [6, 6.07) is 11.0. The van der Waals surface area contributed by atoms with Gasteiger partial charge in [0, 0.05) is 0 Å². The van der Waals surface area contributed by atoms with Crippen LogP contribution in [0.5, 0.6) is 11.5 Å². The minimum absolute atomic E-state index is 0.0338. The van der Waals surface area contributed by atoms with Crippen molar-refractivity contribution in [2.75, 3.05) is 19.3 Å². The molecule has 0 fully saturated rings. The van der Waals surface area contributed by atoms with Crippen LogP contribution in [-0.4, -0.2) is 37.7 Å². The van der Waals surface area contributed by atoms with E-state index in [1.165, 1.54) is 22.7 Å². The Labute approximate surface area is 168 Å². The van der Waals surface area contributed by atoms with Gasteiger partial charge in [0.1, 0.15) is 16.6 Å². The molecule has 0 N–H and O–H groups in total. The maximum Gasteiger partial charge on any atom is 0.182 e. The molecule has 0 saturated carbocycles. The zero-order chi connectivity index (χ0) is 19.0. The molecule has 2 unspecified atom stereocenters. The molecule has 0 aliphatic carbocycles. The molecule has 2 atom stereocenters. The summed E-state index contributed by atoms with van der Waals surface area (Å²) in [6.07, 6.45) is 0. The Balaban J connectivity index is 1.56. The number of fused-ring (bicyclic) bond motifs is 2. The van der Waals surface area contributed by atoms with E-state index in [1.807, 2.05) is 36.4 Å². The monoisotopic (exact) mass is 438 g/mol. The Morgan fingerprint density at radius 3 is 1.67 bits per heavy atom. The number of rotatable bonds is 6. The Morgan fingerprint density at radius 2 is 1.26 bits per heavy atom. The first-order valence-corrected chi connectivity index (χ1v) is 12.0. The van der Waals surface area contributed by atoms with Crippen molar-refractivity contribution in [1.29, 1.82) is 0 Å². The smallest absolute Gasteiger partial charge is 0.182 e. The number of hydrogen-bond donors (Lipinski definition) is 0. The van der Waals surface area contributed by atoms with Gasteiger partial charge in [-0.2, -0.15) is 0 Å². The second-order valence-corrected chi connectivity index (χ2v) is 11.1. The van der Waals surface area contributed by atoms with Crippen molar-refractivity contribution in [2.24, 2.45) is 0 Å². The Kier molecular flexibility index (Phi) is 5.22. The highest BCUT2D eigenvalue weighted by atomic mass is 32.3. The second kappa shape index (κ2) is 7.63. The highest BCUT2D eigenvalue weighted by Crippen LogP contribution is 2.30. The minimum Gasteiger partial charge on any atom is -0.497 e. The van der Waals surface area contributed by atoms with Crippen molar-refractivity contribution in [2.45, 2.75) is 8.68 Å². The standard InChI is InChI=1S/C17H14N2O4S4/c1-22-10-3-5-12-14(7-10)24-16(18-12)26(20)9-27(21)17-19-13-6-4-11(23-2)8-15(13)25-17/h3-8H,9H2,1-2H3. The number of hydrogen-bond acceptors (Lipinski definition) is 8. The fraction of sp³-hybridized carbons (Fsp3) is 0.176. The number of benzene rings is 2. The number of methoxy groups -OCH3 is 2. The molecule has 0 amide bonds. The number of aromatic nitrogens is 2. The predicted molar refractivity (Wildman–Crippen MR) is 110 cm³/mol. The van der Waals surface area contributed by atoms with Crippen LogP contribution in [-0.2, 0) is 21.6 Å². The van der Waals surface area contributed by atoms with E-state index in [0.717, 1.165) is 31.9 Å². The van der Waals surface area contributed by atoms with Crippen LogP contribution in [0.1, 0.15) is 0 Å². The third-order valence-corrected chi connectivity index (χ3v) is 9.67. The quantitative estimate of drug-likeness (QED) is 0.456. The van der Waals surface area contributed by atoms with E-state index in [9.17, 15) is 8.42 Å². The Morgan fingerprint density at radius 1 is 0.815 bits per heavy atom. The SMILES string of the molecule is COc1ccc2nc(S(=O)CS(=O)c3nc4ccc(OC)cc4s3)sc2c1. The van der Waals surface area contributed by atoms with Gasteiger partial charge in [0.15, 0.2) is 8.68 Å². The van der Waals surface area contributed by atoms with Gasteiger partial charge in [-0.1, -0.05) is 0 Å². The van der Waals surface area contributed by atoms with Crippen LogP contribution in [0.3, 0.4) is 0 Å². The number of thiazole rings is 2. The van der Waals surface area contributed by atoms with Gasteiger partial charge in [0.05, 0.1) is 56.3 Å². The van der Waals surface area contributed by atoms with Crippen molar-refractivity contribution < 1.29 is 17.9 Å². The van der Waals surface area contributed by atoms with Crippen LogP contribution >= 0.6 is 22.7 Å². The largest absolute Gasteiger partial charge is 0.497 e. The van der Waals surface area contributed by atoms with Crippen LogP contribution in [0.15, 0.2) is 45.1 Å². The van der Waals surface area contributed by atoms with Gasteiger partial charge in [-0.05, 0) is 36.4 Å². The lowest BCUT2D eigenvalue weighted by molar-refractivity contribution is 0.415. The van der Waals surface area contributed by atoms with E-state index in [0.29, 0.717) is 8.68 Å². The van der Waals surface area contributed by atoms with Crippen molar-refractivity contribution in [3.8, 4) is 11.5 Å². The van der Waals surface area contributed by atoms with E-state index in [4.69, 9.17) is 9.47 Å². The van der Waals surface area contributed by atoms with Crippen molar-refractivity contribution in [1.82, 2.24) is 9.97 Å². The summed E-state index contributed by atoms with van der Waals surface area (Å²) in [6.45, 7) is 0. The minimum atomic E-state index is -1.47. The van der Waals surface area contributed by atoms with Gasteiger partial charge >= 0.3 is 0 Å². The first-order valence-electron chi connectivity index (χ1n) is 7.73. The second-order valence-electron chi connectivity index (χ2n) is 5.44. The molecular weight excluding hydrogens is 424 g/mol. The number of nitrogens with zero attached hydrogens (tertiary/aromatic N) is 2. The van der Waals surface area contributed by atoms with Gasteiger partial charge in [-0.15, -0.1) is 22.7 Å². The Bertz CT molecular complexity index is 1090. The molecule has 0 aliphatic rings. The molecule has 2 aromatic carbocycles. The first-order chi connectivity index (χ1) is 13.1. The third kappa shape index (κ3) is 3.75. The van der Waals surface area contributed by atoms with Crippen molar-refractivity contribution in [3.63, 3.8) is 0 Å². The van der Waals surface area contributed by atoms with Gasteiger partial charge in [-0.25, -0.2) is 9.97 Å². The van der Waals surface area contributed by atoms with E-state index in [2.05, 4.69) is 9.97 Å². The maximum atomic E-state index is 12.7. The summed E-state index contributed by atoms with van der Waals surface area (Å²) in [5, 5.41) is -0.0338. The summed E-state index contributed by atoms with van der Waals surface area (Å²) >= 11 is 2.65. The fourth-order valence-corrected chi connectivity index (χ4v) is 8.00. The Hall–Kier alpha value is -1.88. The molecule has 4 rings (SSSR count). The highest BCUT2D eigenvalue weighted by molar-refractivity contribution is 8.03. The van der Waals surface area contributed by atoms with E-state index < -0.39 is 21.6 Å². The number of ether oxygens (including phenoxy) is 2. The zero-order valence-corrected chi connectivity index (χ0v) is 17.6. The molecule has 0 aliphatic heterocycles. The van der Waals surface area contributed by atoms with Crippen molar-refractivity contribution in [3.05, 3.63) is 36.4 Å². The predicted octanol–water partition coefficient (Wildman–Crippen LogP) is 3.80. The normalized spacial score (nSPS) is 13.7. The molecule has 140 valence electrons. The summed E-state index contributed by atoms with van der Waals surface area (Å²) in [7, 11) is 0.242. The molecule has 4 aromatic rings. The molecular formula is C17H14N2O4S4. The molecule has 2 heterocycles. The average Bonchev–Trinajstić information content (AvgIpc) is 3.30. The molecule has 6 nitrogen and oxygen atoms in total. The molecule has 2 aromatic heterocycles.